The van der Waals surface area contributed by atoms with Gasteiger partial charge in [0.1, 0.15) is 5.75 Å². The maximum Gasteiger partial charge on any atom is 0.257 e. The number of nitrogens with zero attached hydrogens (tertiary/aromatic N) is 1. The van der Waals surface area contributed by atoms with E-state index in [1.807, 2.05) is 18.2 Å². The van der Waals surface area contributed by atoms with Crippen molar-refractivity contribution in [3.05, 3.63) is 75.8 Å². The molecule has 0 saturated carbocycles. The topological polar surface area (TPSA) is 80.3 Å². The quantitative estimate of drug-likeness (QED) is 0.613. The van der Waals surface area contributed by atoms with E-state index in [4.69, 9.17) is 16.3 Å². The molecule has 8 heteroatoms. The highest BCUT2D eigenvalue weighted by Crippen LogP contribution is 2.18. The number of amides is 2. The SMILES string of the molecule is COc1ccc(C(=O)Nc2nc(CC(=O)NCc3ccccc3Cl)cs2)cc1. The molecular formula is C20H18ClN3O3S. The first-order valence-electron chi connectivity index (χ1n) is 8.45. The average molecular weight is 416 g/mol. The molecule has 144 valence electrons. The van der Waals surface area contributed by atoms with Gasteiger partial charge < -0.3 is 10.1 Å². The van der Waals surface area contributed by atoms with Crippen LogP contribution >= 0.6 is 22.9 Å². The van der Waals surface area contributed by atoms with Crippen molar-refractivity contribution in [3.8, 4) is 5.75 Å². The lowest BCUT2D eigenvalue weighted by molar-refractivity contribution is -0.120. The molecule has 0 bridgehead atoms. The summed E-state index contributed by atoms with van der Waals surface area (Å²) in [7, 11) is 1.57. The number of halogens is 1. The lowest BCUT2D eigenvalue weighted by atomic mass is 10.2. The van der Waals surface area contributed by atoms with Gasteiger partial charge in [0.15, 0.2) is 5.13 Å². The number of rotatable bonds is 7. The summed E-state index contributed by atoms with van der Waals surface area (Å²) in [5.74, 6) is 0.237. The Morgan fingerprint density at radius 1 is 1.14 bits per heavy atom. The summed E-state index contributed by atoms with van der Waals surface area (Å²) >= 11 is 7.35. The Labute approximate surface area is 171 Å². The Bertz CT molecular complexity index is 973. The zero-order chi connectivity index (χ0) is 19.9. The van der Waals surface area contributed by atoms with Gasteiger partial charge in [-0.15, -0.1) is 11.3 Å². The normalized spacial score (nSPS) is 10.4. The molecule has 2 N–H and O–H groups in total. The molecule has 0 fully saturated rings. The number of benzene rings is 2. The van der Waals surface area contributed by atoms with Gasteiger partial charge in [-0.2, -0.15) is 0 Å². The Balaban J connectivity index is 1.52. The Hall–Kier alpha value is -2.90. The van der Waals surface area contributed by atoms with Gasteiger partial charge in [0.05, 0.1) is 19.2 Å². The molecule has 0 radical (unpaired) electrons. The molecule has 0 atom stereocenters. The molecule has 2 aromatic carbocycles. The number of methoxy groups -OCH3 is 1. The Kier molecular flexibility index (Phi) is 6.62. The van der Waals surface area contributed by atoms with Crippen molar-refractivity contribution < 1.29 is 14.3 Å². The zero-order valence-electron chi connectivity index (χ0n) is 15.1. The number of hydrogen-bond acceptors (Lipinski definition) is 5. The number of carbonyl (C=O) groups is 2. The number of aromatic nitrogens is 1. The monoisotopic (exact) mass is 415 g/mol. The van der Waals surface area contributed by atoms with Crippen LogP contribution in [0.4, 0.5) is 5.13 Å². The molecule has 0 unspecified atom stereocenters. The predicted octanol–water partition coefficient (Wildman–Crippen LogP) is 3.92. The number of thiazole rings is 1. The van der Waals surface area contributed by atoms with E-state index >= 15 is 0 Å². The molecule has 0 spiro atoms. The number of hydrogen-bond donors (Lipinski definition) is 2. The maximum atomic E-state index is 12.3. The fourth-order valence-electron chi connectivity index (χ4n) is 2.42. The minimum absolute atomic E-state index is 0.124. The fourth-order valence-corrected chi connectivity index (χ4v) is 3.33. The number of ether oxygens (including phenoxy) is 1. The number of nitrogens with one attached hydrogen (secondary N) is 2. The van der Waals surface area contributed by atoms with E-state index in [1.165, 1.54) is 11.3 Å². The largest absolute Gasteiger partial charge is 0.497 e. The van der Waals surface area contributed by atoms with Gasteiger partial charge in [-0.25, -0.2) is 4.98 Å². The molecule has 3 rings (SSSR count). The van der Waals surface area contributed by atoms with Crippen LogP contribution in [0.3, 0.4) is 0 Å². The number of carbonyl (C=O) groups excluding carboxylic acids is 2. The Morgan fingerprint density at radius 3 is 2.61 bits per heavy atom. The van der Waals surface area contributed by atoms with Crippen LogP contribution in [0.5, 0.6) is 5.75 Å². The molecule has 0 aliphatic carbocycles. The highest BCUT2D eigenvalue weighted by molar-refractivity contribution is 7.14. The van der Waals surface area contributed by atoms with Crippen LogP contribution in [0.2, 0.25) is 5.02 Å². The molecule has 3 aromatic rings. The molecule has 0 aliphatic heterocycles. The average Bonchev–Trinajstić information content (AvgIpc) is 3.14. The standard InChI is InChI=1S/C20H18ClN3O3S/c1-27-16-8-6-13(7-9-16)19(26)24-20-23-15(12-28-20)10-18(25)22-11-14-4-2-3-5-17(14)21/h2-9,12H,10-11H2,1H3,(H,22,25)(H,23,24,26). The van der Waals surface area contributed by atoms with E-state index in [0.29, 0.717) is 33.7 Å². The second kappa shape index (κ2) is 9.34. The van der Waals surface area contributed by atoms with Crippen molar-refractivity contribution in [1.29, 1.82) is 0 Å². The summed E-state index contributed by atoms with van der Waals surface area (Å²) in [5.41, 5.74) is 1.94. The van der Waals surface area contributed by atoms with Gasteiger partial charge in [0.2, 0.25) is 5.91 Å². The summed E-state index contributed by atoms with van der Waals surface area (Å²) in [5, 5.41) is 8.35. The van der Waals surface area contributed by atoms with Gasteiger partial charge >= 0.3 is 0 Å². The third kappa shape index (κ3) is 5.31. The summed E-state index contributed by atoms with van der Waals surface area (Å²) in [4.78, 5) is 28.7. The first kappa shape index (κ1) is 19.9. The number of anilines is 1. The first-order chi connectivity index (χ1) is 13.5. The van der Waals surface area contributed by atoms with Crippen molar-refractivity contribution in [2.24, 2.45) is 0 Å². The molecular weight excluding hydrogens is 398 g/mol. The van der Waals surface area contributed by atoms with Crippen LogP contribution in [0, 0.1) is 0 Å². The molecule has 0 saturated heterocycles. The highest BCUT2D eigenvalue weighted by atomic mass is 35.5. The van der Waals surface area contributed by atoms with Crippen molar-refractivity contribution in [3.63, 3.8) is 0 Å². The molecule has 0 aliphatic rings. The molecule has 2 amide bonds. The van der Waals surface area contributed by atoms with Gasteiger partial charge in [0.25, 0.3) is 5.91 Å². The highest BCUT2D eigenvalue weighted by Gasteiger charge is 2.12. The van der Waals surface area contributed by atoms with Crippen molar-refractivity contribution >= 4 is 39.9 Å². The van der Waals surface area contributed by atoms with Crippen molar-refractivity contribution in [1.82, 2.24) is 10.3 Å². The molecule has 1 aromatic heterocycles. The van der Waals surface area contributed by atoms with E-state index in [1.54, 1.807) is 42.8 Å². The van der Waals surface area contributed by atoms with E-state index in [9.17, 15) is 9.59 Å². The van der Waals surface area contributed by atoms with Gasteiger partial charge in [0, 0.05) is 22.5 Å². The van der Waals surface area contributed by atoms with Crippen LogP contribution in [-0.2, 0) is 17.8 Å². The van der Waals surface area contributed by atoms with Crippen LogP contribution < -0.4 is 15.4 Å². The fraction of sp³-hybridized carbons (Fsp3) is 0.150. The summed E-state index contributed by atoms with van der Waals surface area (Å²) < 4.78 is 5.07. The molecule has 6 nitrogen and oxygen atoms in total. The van der Waals surface area contributed by atoms with Gasteiger partial charge in [-0.3, -0.25) is 14.9 Å². The first-order valence-corrected chi connectivity index (χ1v) is 9.71. The molecule has 1 heterocycles. The minimum Gasteiger partial charge on any atom is -0.497 e. The van der Waals surface area contributed by atoms with E-state index in [0.717, 1.165) is 5.56 Å². The third-order valence-electron chi connectivity index (χ3n) is 3.90. The van der Waals surface area contributed by atoms with Crippen LogP contribution in [0.15, 0.2) is 53.9 Å². The van der Waals surface area contributed by atoms with Gasteiger partial charge in [-0.05, 0) is 35.9 Å². The smallest absolute Gasteiger partial charge is 0.257 e. The molecule has 28 heavy (non-hydrogen) atoms. The maximum absolute atomic E-state index is 12.3. The zero-order valence-corrected chi connectivity index (χ0v) is 16.6. The second-order valence-corrected chi connectivity index (χ2v) is 7.14. The summed E-state index contributed by atoms with van der Waals surface area (Å²) in [6.07, 6.45) is 0.124. The summed E-state index contributed by atoms with van der Waals surface area (Å²) in [6, 6.07) is 14.1. The van der Waals surface area contributed by atoms with E-state index in [-0.39, 0.29) is 18.2 Å². The van der Waals surface area contributed by atoms with E-state index < -0.39 is 0 Å². The van der Waals surface area contributed by atoms with Gasteiger partial charge in [-0.1, -0.05) is 29.8 Å². The Morgan fingerprint density at radius 2 is 1.89 bits per heavy atom. The minimum atomic E-state index is -0.272. The summed E-state index contributed by atoms with van der Waals surface area (Å²) in [6.45, 7) is 0.351. The lowest BCUT2D eigenvalue weighted by Gasteiger charge is -2.06. The lowest BCUT2D eigenvalue weighted by Crippen LogP contribution is -2.24. The van der Waals surface area contributed by atoms with Crippen molar-refractivity contribution in [2.45, 2.75) is 13.0 Å². The van der Waals surface area contributed by atoms with Crippen LogP contribution in [0.25, 0.3) is 0 Å². The predicted molar refractivity (Wildman–Crippen MR) is 110 cm³/mol. The van der Waals surface area contributed by atoms with Crippen LogP contribution in [0.1, 0.15) is 21.6 Å². The third-order valence-corrected chi connectivity index (χ3v) is 5.08. The van der Waals surface area contributed by atoms with Crippen molar-refractivity contribution in [2.75, 3.05) is 12.4 Å². The van der Waals surface area contributed by atoms with E-state index in [2.05, 4.69) is 15.6 Å². The van der Waals surface area contributed by atoms with Crippen LogP contribution in [-0.4, -0.2) is 23.9 Å². The second-order valence-electron chi connectivity index (χ2n) is 5.87.